The molecule has 0 amide bonds. The molecule has 1 N–H and O–H groups in total. The summed E-state index contributed by atoms with van der Waals surface area (Å²) in [4.78, 5) is 6.71. The topological polar surface area (TPSA) is 28.3 Å². The van der Waals surface area contributed by atoms with Gasteiger partial charge in [-0.05, 0) is 61.3 Å². The molecule has 4 bridgehead atoms. The summed E-state index contributed by atoms with van der Waals surface area (Å²) in [6.45, 7) is 7.19. The molecule has 0 spiro atoms. The second-order valence-electron chi connectivity index (χ2n) is 8.66. The third kappa shape index (κ3) is 2.21. The van der Waals surface area contributed by atoms with E-state index >= 15 is 0 Å². The summed E-state index contributed by atoms with van der Waals surface area (Å²) >= 11 is 2.06. The molecule has 6 rings (SSSR count). The van der Waals surface area contributed by atoms with Gasteiger partial charge in [0.05, 0.1) is 0 Å². The molecule has 3 aliphatic heterocycles. The number of piperidine rings is 2. The highest BCUT2D eigenvalue weighted by Crippen LogP contribution is 2.51. The standard InChI is InChI=1S/C20H27IN2O/c1-3-13-8-12-9-15-18-14(5-7-23(11-12)19(13)15)16-10-20(2,24-21)6-4-17(16)22-18/h4,6,12-13,15,19,22H,3,5,7-11H2,1-2H3. The molecule has 4 heterocycles. The van der Waals surface area contributed by atoms with Gasteiger partial charge in [-0.1, -0.05) is 13.3 Å². The van der Waals surface area contributed by atoms with Crippen LogP contribution in [0, 0.1) is 11.8 Å². The Balaban J connectivity index is 1.59. The van der Waals surface area contributed by atoms with Gasteiger partial charge in [-0.3, -0.25) is 4.90 Å². The normalized spacial score (nSPS) is 42.5. The number of rotatable bonds is 2. The van der Waals surface area contributed by atoms with Crippen LogP contribution in [0.2, 0.25) is 0 Å². The van der Waals surface area contributed by atoms with Gasteiger partial charge in [-0.25, -0.2) is 0 Å². The Morgan fingerprint density at radius 1 is 1.38 bits per heavy atom. The zero-order chi connectivity index (χ0) is 16.5. The minimum Gasteiger partial charge on any atom is -0.358 e. The highest BCUT2D eigenvalue weighted by Gasteiger charge is 2.49. The van der Waals surface area contributed by atoms with E-state index in [2.05, 4.69) is 58.9 Å². The summed E-state index contributed by atoms with van der Waals surface area (Å²) in [7, 11) is 0. The lowest BCUT2D eigenvalue weighted by Gasteiger charge is -2.53. The lowest BCUT2D eigenvalue weighted by molar-refractivity contribution is -0.0135. The number of aromatic nitrogens is 1. The molecule has 1 aromatic heterocycles. The van der Waals surface area contributed by atoms with Crippen LogP contribution in [0.1, 0.15) is 61.5 Å². The number of H-pyrrole nitrogens is 1. The van der Waals surface area contributed by atoms with Crippen molar-refractivity contribution >= 4 is 29.1 Å². The summed E-state index contributed by atoms with van der Waals surface area (Å²) < 4.78 is 5.76. The number of hydrogen-bond donors (Lipinski definition) is 1. The van der Waals surface area contributed by atoms with E-state index in [9.17, 15) is 0 Å². The number of aromatic amines is 1. The van der Waals surface area contributed by atoms with Crippen molar-refractivity contribution in [1.82, 2.24) is 9.88 Å². The maximum atomic E-state index is 5.76. The summed E-state index contributed by atoms with van der Waals surface area (Å²) in [5, 5.41) is 0. The predicted molar refractivity (Wildman–Crippen MR) is 105 cm³/mol. The Kier molecular flexibility index (Phi) is 3.70. The van der Waals surface area contributed by atoms with E-state index in [-0.39, 0.29) is 5.60 Å². The molecule has 5 aliphatic rings. The molecule has 3 fully saturated rings. The van der Waals surface area contributed by atoms with Crippen LogP contribution >= 0.6 is 23.0 Å². The molecule has 2 saturated heterocycles. The van der Waals surface area contributed by atoms with Crippen molar-refractivity contribution in [3.63, 3.8) is 0 Å². The van der Waals surface area contributed by atoms with E-state index < -0.39 is 0 Å². The molecular weight excluding hydrogens is 411 g/mol. The Hall–Kier alpha value is -0.330. The van der Waals surface area contributed by atoms with E-state index in [1.54, 1.807) is 11.3 Å². The Morgan fingerprint density at radius 2 is 2.25 bits per heavy atom. The van der Waals surface area contributed by atoms with Gasteiger partial charge in [0.2, 0.25) is 0 Å². The summed E-state index contributed by atoms with van der Waals surface area (Å²) in [6, 6.07) is 0.776. The fourth-order valence-electron chi connectivity index (χ4n) is 6.13. The van der Waals surface area contributed by atoms with Gasteiger partial charge < -0.3 is 8.05 Å². The SMILES string of the molecule is CCC1CC2CC3c4[nH]c5c(c4CCN(C2)C13)CC(C)(OI)C=C5. The molecule has 0 radical (unpaired) electrons. The smallest absolute Gasteiger partial charge is 0.110 e. The lowest BCUT2D eigenvalue weighted by Crippen LogP contribution is -2.56. The first-order valence-electron chi connectivity index (χ1n) is 9.58. The van der Waals surface area contributed by atoms with Gasteiger partial charge >= 0.3 is 0 Å². The first-order chi connectivity index (χ1) is 11.6. The van der Waals surface area contributed by atoms with E-state index in [4.69, 9.17) is 3.07 Å². The van der Waals surface area contributed by atoms with Gasteiger partial charge in [0.15, 0.2) is 0 Å². The second kappa shape index (κ2) is 5.58. The van der Waals surface area contributed by atoms with Crippen LogP contribution < -0.4 is 0 Å². The maximum absolute atomic E-state index is 5.76. The Labute approximate surface area is 158 Å². The molecule has 130 valence electrons. The van der Waals surface area contributed by atoms with Gasteiger partial charge in [0, 0.05) is 42.9 Å². The van der Waals surface area contributed by atoms with Crippen LogP contribution in [0.4, 0.5) is 0 Å². The molecule has 6 atom stereocenters. The molecule has 24 heavy (non-hydrogen) atoms. The van der Waals surface area contributed by atoms with Crippen LogP contribution in [-0.2, 0) is 15.9 Å². The largest absolute Gasteiger partial charge is 0.358 e. The number of nitrogens with one attached hydrogen (secondary N) is 1. The van der Waals surface area contributed by atoms with Crippen LogP contribution in [0.5, 0.6) is 0 Å². The molecule has 2 aliphatic carbocycles. The highest BCUT2D eigenvalue weighted by molar-refractivity contribution is 14.1. The van der Waals surface area contributed by atoms with Crippen molar-refractivity contribution in [1.29, 1.82) is 0 Å². The minimum atomic E-state index is -0.157. The van der Waals surface area contributed by atoms with Crippen LogP contribution in [0.3, 0.4) is 0 Å². The summed E-state index contributed by atoms with van der Waals surface area (Å²) in [5.41, 5.74) is 5.94. The van der Waals surface area contributed by atoms with E-state index in [1.165, 1.54) is 50.0 Å². The molecule has 3 nitrogen and oxygen atoms in total. The maximum Gasteiger partial charge on any atom is 0.110 e. The number of halogens is 1. The van der Waals surface area contributed by atoms with Crippen molar-refractivity contribution in [3.8, 4) is 0 Å². The third-order valence-corrected chi connectivity index (χ3v) is 8.17. The molecule has 1 aromatic rings. The molecule has 0 aromatic carbocycles. The first kappa shape index (κ1) is 15.9. The number of hydrogen-bond acceptors (Lipinski definition) is 2. The van der Waals surface area contributed by atoms with Gasteiger partial charge in [0.1, 0.15) is 28.6 Å². The molecular formula is C20H27IN2O. The quantitative estimate of drug-likeness (QED) is 0.691. The Morgan fingerprint density at radius 3 is 3.04 bits per heavy atom. The van der Waals surface area contributed by atoms with Gasteiger partial charge in [-0.15, -0.1) is 0 Å². The third-order valence-electron chi connectivity index (χ3n) is 7.17. The van der Waals surface area contributed by atoms with Crippen molar-refractivity contribution < 1.29 is 3.07 Å². The lowest BCUT2D eigenvalue weighted by atomic mass is 9.65. The second-order valence-corrected chi connectivity index (χ2v) is 9.10. The fraction of sp³-hybridized carbons (Fsp3) is 0.700. The fourth-order valence-corrected chi connectivity index (χ4v) is 6.43. The molecule has 4 heteroatoms. The summed E-state index contributed by atoms with van der Waals surface area (Å²) in [5.74, 6) is 2.53. The van der Waals surface area contributed by atoms with Crippen molar-refractivity contribution in [3.05, 3.63) is 28.6 Å². The van der Waals surface area contributed by atoms with E-state index in [0.717, 1.165) is 30.2 Å². The molecule has 1 saturated carbocycles. The van der Waals surface area contributed by atoms with Crippen molar-refractivity contribution in [2.75, 3.05) is 13.1 Å². The number of nitrogens with zero attached hydrogens (tertiary/aromatic N) is 1. The monoisotopic (exact) mass is 438 g/mol. The van der Waals surface area contributed by atoms with Crippen molar-refractivity contribution in [2.24, 2.45) is 11.8 Å². The Bertz CT molecular complexity index is 696. The highest BCUT2D eigenvalue weighted by atomic mass is 127. The van der Waals surface area contributed by atoms with Crippen LogP contribution in [0.15, 0.2) is 6.08 Å². The average molecular weight is 438 g/mol. The number of fused-ring (bicyclic) bond motifs is 4. The zero-order valence-corrected chi connectivity index (χ0v) is 16.8. The van der Waals surface area contributed by atoms with Crippen molar-refractivity contribution in [2.45, 2.75) is 63.5 Å². The van der Waals surface area contributed by atoms with E-state index in [0.29, 0.717) is 0 Å². The van der Waals surface area contributed by atoms with Gasteiger partial charge in [-0.2, -0.15) is 0 Å². The van der Waals surface area contributed by atoms with Crippen LogP contribution in [0.25, 0.3) is 6.08 Å². The first-order valence-corrected chi connectivity index (χ1v) is 10.5. The average Bonchev–Trinajstić information content (AvgIpc) is 2.91. The van der Waals surface area contributed by atoms with Gasteiger partial charge in [0.25, 0.3) is 0 Å². The van der Waals surface area contributed by atoms with Crippen LogP contribution in [-0.4, -0.2) is 34.6 Å². The molecule has 6 unspecified atom stereocenters. The minimum absolute atomic E-state index is 0.157. The summed E-state index contributed by atoms with van der Waals surface area (Å²) in [6.07, 6.45) is 10.9. The zero-order valence-electron chi connectivity index (χ0n) is 14.6. The van der Waals surface area contributed by atoms with E-state index in [1.807, 2.05) is 0 Å². The predicted octanol–water partition coefficient (Wildman–Crippen LogP) is 4.47.